The van der Waals surface area contributed by atoms with Crippen molar-refractivity contribution in [2.24, 2.45) is 0 Å². The van der Waals surface area contributed by atoms with Crippen LogP contribution < -0.4 is 5.32 Å². The van der Waals surface area contributed by atoms with Gasteiger partial charge in [0.2, 0.25) is 11.1 Å². The molecule has 2 aromatic heterocycles. The maximum atomic E-state index is 12.5. The van der Waals surface area contributed by atoms with Crippen molar-refractivity contribution in [1.82, 2.24) is 15.2 Å². The lowest BCUT2D eigenvalue weighted by atomic mass is 10.3. The van der Waals surface area contributed by atoms with Crippen LogP contribution in [0.25, 0.3) is 10.6 Å². The maximum Gasteiger partial charge on any atom is 0.212 e. The molecule has 0 spiro atoms. The van der Waals surface area contributed by atoms with Crippen LogP contribution in [0.3, 0.4) is 0 Å². The molecule has 0 aromatic carbocycles. The predicted octanol–water partition coefficient (Wildman–Crippen LogP) is 1.78. The van der Waals surface area contributed by atoms with Gasteiger partial charge in [0.15, 0.2) is 5.01 Å². The average molecular weight is 210 g/mol. The Hall–Kier alpha value is -1.56. The molecule has 0 saturated carbocycles. The van der Waals surface area contributed by atoms with Crippen molar-refractivity contribution in [1.29, 1.82) is 0 Å². The van der Waals surface area contributed by atoms with Crippen LogP contribution in [0.4, 0.5) is 9.52 Å². The highest BCUT2D eigenvalue weighted by Gasteiger charge is 2.05. The van der Waals surface area contributed by atoms with Crippen molar-refractivity contribution < 1.29 is 4.39 Å². The number of nitrogens with one attached hydrogen (secondary N) is 1. The van der Waals surface area contributed by atoms with Crippen molar-refractivity contribution >= 4 is 16.5 Å². The van der Waals surface area contributed by atoms with Crippen molar-refractivity contribution in [2.45, 2.75) is 0 Å². The Bertz CT molecular complexity index is 425. The second-order valence-corrected chi connectivity index (χ2v) is 3.51. The van der Waals surface area contributed by atoms with Crippen LogP contribution in [-0.4, -0.2) is 22.2 Å². The molecule has 0 aliphatic heterocycles. The van der Waals surface area contributed by atoms with Gasteiger partial charge in [0.1, 0.15) is 0 Å². The minimum atomic E-state index is -0.493. The quantitative estimate of drug-likeness (QED) is 0.768. The van der Waals surface area contributed by atoms with Crippen LogP contribution >= 0.6 is 11.3 Å². The fourth-order valence-electron chi connectivity index (χ4n) is 0.943. The molecule has 0 aliphatic rings. The zero-order chi connectivity index (χ0) is 9.97. The first-order valence-electron chi connectivity index (χ1n) is 3.93. The fourth-order valence-corrected chi connectivity index (χ4v) is 1.63. The van der Waals surface area contributed by atoms with Gasteiger partial charge in [-0.05, 0) is 12.1 Å². The van der Waals surface area contributed by atoms with E-state index in [0.717, 1.165) is 15.7 Å². The summed E-state index contributed by atoms with van der Waals surface area (Å²) in [5.74, 6) is -0.493. The van der Waals surface area contributed by atoms with E-state index in [2.05, 4.69) is 20.5 Å². The van der Waals surface area contributed by atoms with E-state index in [4.69, 9.17) is 0 Å². The summed E-state index contributed by atoms with van der Waals surface area (Å²) in [6.45, 7) is 0. The molecule has 14 heavy (non-hydrogen) atoms. The summed E-state index contributed by atoms with van der Waals surface area (Å²) >= 11 is 1.40. The fraction of sp³-hybridized carbons (Fsp3) is 0.125. The van der Waals surface area contributed by atoms with Gasteiger partial charge in [-0.15, -0.1) is 10.2 Å². The average Bonchev–Trinajstić information content (AvgIpc) is 2.67. The summed E-state index contributed by atoms with van der Waals surface area (Å²) in [4.78, 5) is 3.54. The van der Waals surface area contributed by atoms with Gasteiger partial charge >= 0.3 is 0 Å². The van der Waals surface area contributed by atoms with Crippen LogP contribution in [0, 0.1) is 5.95 Å². The highest BCUT2D eigenvalue weighted by molar-refractivity contribution is 7.18. The van der Waals surface area contributed by atoms with Crippen LogP contribution in [-0.2, 0) is 0 Å². The molecule has 2 aromatic rings. The molecule has 4 nitrogen and oxygen atoms in total. The zero-order valence-electron chi connectivity index (χ0n) is 7.36. The molecule has 0 atom stereocenters. The number of anilines is 1. The van der Waals surface area contributed by atoms with Crippen LogP contribution in [0.5, 0.6) is 0 Å². The number of nitrogens with zero attached hydrogens (tertiary/aromatic N) is 3. The summed E-state index contributed by atoms with van der Waals surface area (Å²) in [7, 11) is 1.77. The predicted molar refractivity (Wildman–Crippen MR) is 52.6 cm³/mol. The summed E-state index contributed by atoms with van der Waals surface area (Å²) in [5.41, 5.74) is 0.769. The largest absolute Gasteiger partial charge is 0.363 e. The van der Waals surface area contributed by atoms with Gasteiger partial charge in [-0.1, -0.05) is 11.3 Å². The molecular formula is C8H7FN4S. The Morgan fingerprint density at radius 2 is 2.21 bits per heavy atom. The van der Waals surface area contributed by atoms with Gasteiger partial charge in [0.05, 0.1) is 0 Å². The van der Waals surface area contributed by atoms with Gasteiger partial charge in [0, 0.05) is 18.8 Å². The molecule has 0 aliphatic carbocycles. The zero-order valence-corrected chi connectivity index (χ0v) is 8.18. The molecular weight excluding hydrogens is 203 g/mol. The van der Waals surface area contributed by atoms with E-state index in [-0.39, 0.29) is 0 Å². The monoisotopic (exact) mass is 210 g/mol. The number of hydrogen-bond donors (Lipinski definition) is 1. The Kier molecular flexibility index (Phi) is 2.36. The van der Waals surface area contributed by atoms with E-state index in [1.54, 1.807) is 13.1 Å². The van der Waals surface area contributed by atoms with E-state index in [0.29, 0.717) is 0 Å². The minimum Gasteiger partial charge on any atom is -0.363 e. The second-order valence-electron chi connectivity index (χ2n) is 2.53. The number of aromatic nitrogens is 3. The number of rotatable bonds is 2. The third-order valence-electron chi connectivity index (χ3n) is 1.61. The Labute approximate surface area is 83.8 Å². The highest BCUT2D eigenvalue weighted by atomic mass is 32.1. The Morgan fingerprint density at radius 1 is 1.36 bits per heavy atom. The lowest BCUT2D eigenvalue weighted by Gasteiger charge is -1.92. The lowest BCUT2D eigenvalue weighted by Crippen LogP contribution is -1.84. The van der Waals surface area contributed by atoms with E-state index < -0.39 is 5.95 Å². The van der Waals surface area contributed by atoms with Crippen LogP contribution in [0.2, 0.25) is 0 Å². The first-order valence-corrected chi connectivity index (χ1v) is 4.74. The minimum absolute atomic E-state index is 0.493. The SMILES string of the molecule is CNc1nnc(-c2ccc(F)nc2)s1. The topological polar surface area (TPSA) is 50.7 Å². The van der Waals surface area contributed by atoms with Gasteiger partial charge < -0.3 is 5.32 Å². The summed E-state index contributed by atoms with van der Waals surface area (Å²) in [6.07, 6.45) is 1.44. The molecule has 6 heteroatoms. The Morgan fingerprint density at radius 3 is 2.79 bits per heavy atom. The van der Waals surface area contributed by atoms with Crippen molar-refractivity contribution in [2.75, 3.05) is 12.4 Å². The van der Waals surface area contributed by atoms with Crippen molar-refractivity contribution in [3.63, 3.8) is 0 Å². The molecule has 0 fully saturated rings. The molecule has 72 valence electrons. The third-order valence-corrected chi connectivity index (χ3v) is 2.60. The standard InChI is InChI=1S/C8H7FN4S/c1-10-8-13-12-7(14-8)5-2-3-6(9)11-4-5/h2-4H,1H3,(H,10,13). The van der Waals surface area contributed by atoms with E-state index in [1.165, 1.54) is 23.6 Å². The van der Waals surface area contributed by atoms with Crippen molar-refractivity contribution in [3.8, 4) is 10.6 Å². The number of pyridine rings is 1. The molecule has 2 heterocycles. The van der Waals surface area contributed by atoms with Crippen LogP contribution in [0.15, 0.2) is 18.3 Å². The van der Waals surface area contributed by atoms with Gasteiger partial charge in [0.25, 0.3) is 0 Å². The Balaban J connectivity index is 2.34. The third kappa shape index (κ3) is 1.69. The van der Waals surface area contributed by atoms with E-state index in [9.17, 15) is 4.39 Å². The van der Waals surface area contributed by atoms with Gasteiger partial charge in [-0.25, -0.2) is 4.98 Å². The summed E-state index contributed by atoms with van der Waals surface area (Å²) < 4.78 is 12.5. The highest BCUT2D eigenvalue weighted by Crippen LogP contribution is 2.24. The summed E-state index contributed by atoms with van der Waals surface area (Å²) in [6, 6.07) is 2.93. The van der Waals surface area contributed by atoms with Gasteiger partial charge in [-0.2, -0.15) is 4.39 Å². The molecule has 0 radical (unpaired) electrons. The maximum absolute atomic E-state index is 12.5. The van der Waals surface area contributed by atoms with Gasteiger partial charge in [-0.3, -0.25) is 0 Å². The smallest absolute Gasteiger partial charge is 0.212 e. The number of halogens is 1. The molecule has 0 saturated heterocycles. The molecule has 0 amide bonds. The first-order chi connectivity index (χ1) is 6.79. The number of hydrogen-bond acceptors (Lipinski definition) is 5. The van der Waals surface area contributed by atoms with E-state index in [1.807, 2.05) is 0 Å². The molecule has 1 N–H and O–H groups in total. The van der Waals surface area contributed by atoms with Crippen LogP contribution in [0.1, 0.15) is 0 Å². The summed E-state index contributed by atoms with van der Waals surface area (Å²) in [5, 5.41) is 12.1. The van der Waals surface area contributed by atoms with Crippen molar-refractivity contribution in [3.05, 3.63) is 24.3 Å². The first kappa shape index (κ1) is 9.01. The molecule has 2 rings (SSSR count). The lowest BCUT2D eigenvalue weighted by molar-refractivity contribution is 0.584. The molecule has 0 bridgehead atoms. The second kappa shape index (κ2) is 3.67. The van der Waals surface area contributed by atoms with E-state index >= 15 is 0 Å². The normalized spacial score (nSPS) is 10.1. The molecule has 0 unspecified atom stereocenters.